The topological polar surface area (TPSA) is 81.1 Å². The number of anilines is 1. The van der Waals surface area contributed by atoms with Crippen LogP contribution in [0, 0.1) is 6.92 Å². The number of fused-ring (bicyclic) bond motifs is 1. The zero-order chi connectivity index (χ0) is 22.8. The number of hydrogen-bond donors (Lipinski definition) is 1. The molecule has 2 aromatic carbocycles. The number of benzene rings is 2. The highest BCUT2D eigenvalue weighted by atomic mass is 32.1. The molecule has 32 heavy (non-hydrogen) atoms. The van der Waals surface area contributed by atoms with E-state index in [0.717, 1.165) is 16.7 Å². The van der Waals surface area contributed by atoms with Crippen LogP contribution in [0.3, 0.4) is 0 Å². The molecule has 0 saturated carbocycles. The number of aryl methyl sites for hydroxylation is 1. The van der Waals surface area contributed by atoms with Crippen molar-refractivity contribution in [2.75, 3.05) is 5.32 Å². The van der Waals surface area contributed by atoms with Crippen molar-refractivity contribution in [3.63, 3.8) is 0 Å². The maximum Gasteiger partial charge on any atom is 0.263 e. The highest BCUT2D eigenvalue weighted by Gasteiger charge is 2.23. The predicted octanol–water partition coefficient (Wildman–Crippen LogP) is 5.23. The van der Waals surface area contributed by atoms with Crippen molar-refractivity contribution in [2.24, 2.45) is 0 Å². The zero-order valence-corrected chi connectivity index (χ0v) is 18.9. The van der Waals surface area contributed by atoms with E-state index in [1.165, 1.54) is 29.2 Å². The highest BCUT2D eigenvalue weighted by Crippen LogP contribution is 2.31. The van der Waals surface area contributed by atoms with Crippen molar-refractivity contribution in [2.45, 2.75) is 33.2 Å². The van der Waals surface area contributed by atoms with Crippen LogP contribution in [0.15, 0.2) is 65.0 Å². The summed E-state index contributed by atoms with van der Waals surface area (Å²) < 4.78 is 1.40. The van der Waals surface area contributed by atoms with Gasteiger partial charge in [0.2, 0.25) is 5.91 Å². The average Bonchev–Trinajstić information content (AvgIpc) is 3.21. The third kappa shape index (κ3) is 4.11. The van der Waals surface area contributed by atoms with Gasteiger partial charge in [0, 0.05) is 22.2 Å². The standard InChI is InChI=1S/C25H23N3O3S/c1-4-21(23(30)27-19-7-5-6-18(12-19)16(3)29)28-14-26-24-22(25(28)31)20(13-32-24)17-10-8-15(2)9-11-17/h5-14,21H,4H2,1-3H3,(H,27,30). The first-order valence-corrected chi connectivity index (χ1v) is 11.2. The number of Topliss-reactive ketones (excluding diaryl/α,β-unsaturated/α-hetero) is 1. The van der Waals surface area contributed by atoms with E-state index >= 15 is 0 Å². The molecular formula is C25H23N3O3S. The second-order valence-electron chi connectivity index (χ2n) is 7.70. The van der Waals surface area contributed by atoms with Gasteiger partial charge in [0.05, 0.1) is 11.7 Å². The third-order valence-electron chi connectivity index (χ3n) is 5.44. The molecule has 0 aliphatic carbocycles. The molecule has 4 aromatic rings. The molecule has 0 bridgehead atoms. The first-order valence-electron chi connectivity index (χ1n) is 10.4. The van der Waals surface area contributed by atoms with Gasteiger partial charge in [-0.1, -0.05) is 48.9 Å². The lowest BCUT2D eigenvalue weighted by Gasteiger charge is -2.18. The Bertz CT molecular complexity index is 1370. The molecule has 0 radical (unpaired) electrons. The van der Waals surface area contributed by atoms with Crippen LogP contribution >= 0.6 is 11.3 Å². The maximum absolute atomic E-state index is 13.5. The van der Waals surface area contributed by atoms with Crippen molar-refractivity contribution in [3.05, 3.63) is 81.7 Å². The largest absolute Gasteiger partial charge is 0.324 e. The van der Waals surface area contributed by atoms with Crippen LogP contribution in [0.25, 0.3) is 21.3 Å². The zero-order valence-electron chi connectivity index (χ0n) is 18.1. The van der Waals surface area contributed by atoms with E-state index in [1.54, 1.807) is 24.3 Å². The number of nitrogens with one attached hydrogen (secondary N) is 1. The fourth-order valence-electron chi connectivity index (χ4n) is 3.66. The molecule has 0 aliphatic heterocycles. The summed E-state index contributed by atoms with van der Waals surface area (Å²) in [5.74, 6) is -0.413. The summed E-state index contributed by atoms with van der Waals surface area (Å²) in [6.07, 6.45) is 1.86. The Hall–Kier alpha value is -3.58. The van der Waals surface area contributed by atoms with Gasteiger partial charge in [-0.2, -0.15) is 0 Å². The van der Waals surface area contributed by atoms with Crippen molar-refractivity contribution in [1.82, 2.24) is 9.55 Å². The molecule has 6 nitrogen and oxygen atoms in total. The van der Waals surface area contributed by atoms with Crippen LogP contribution in [-0.4, -0.2) is 21.2 Å². The number of carbonyl (C=O) groups is 2. The van der Waals surface area contributed by atoms with Gasteiger partial charge in [0.1, 0.15) is 10.9 Å². The van der Waals surface area contributed by atoms with Crippen molar-refractivity contribution < 1.29 is 9.59 Å². The monoisotopic (exact) mass is 445 g/mol. The number of nitrogens with zero attached hydrogens (tertiary/aromatic N) is 2. The summed E-state index contributed by atoms with van der Waals surface area (Å²) in [7, 11) is 0. The van der Waals surface area contributed by atoms with Gasteiger partial charge in [-0.05, 0) is 38.0 Å². The van der Waals surface area contributed by atoms with Crippen molar-refractivity contribution >= 4 is 38.9 Å². The molecule has 2 aromatic heterocycles. The summed E-state index contributed by atoms with van der Waals surface area (Å²) in [5, 5.41) is 5.28. The molecule has 0 spiro atoms. The molecule has 4 rings (SSSR count). The van der Waals surface area contributed by atoms with E-state index < -0.39 is 6.04 Å². The average molecular weight is 446 g/mol. The fraction of sp³-hybridized carbons (Fsp3) is 0.200. The van der Waals surface area contributed by atoms with E-state index in [0.29, 0.717) is 27.9 Å². The maximum atomic E-state index is 13.5. The van der Waals surface area contributed by atoms with Gasteiger partial charge in [-0.15, -0.1) is 11.3 Å². The summed E-state index contributed by atoms with van der Waals surface area (Å²) in [6.45, 7) is 5.34. The number of ketones is 1. The number of hydrogen-bond acceptors (Lipinski definition) is 5. The molecule has 162 valence electrons. The first kappa shape index (κ1) is 21.6. The summed E-state index contributed by atoms with van der Waals surface area (Å²) in [6, 6.07) is 14.0. The van der Waals surface area contributed by atoms with Crippen LogP contribution < -0.4 is 10.9 Å². The Balaban J connectivity index is 1.72. The van der Waals surface area contributed by atoms with E-state index in [9.17, 15) is 14.4 Å². The van der Waals surface area contributed by atoms with Gasteiger partial charge in [0.15, 0.2) is 5.78 Å². The molecule has 0 aliphatic rings. The van der Waals surface area contributed by atoms with Crippen LogP contribution in [-0.2, 0) is 4.79 Å². The van der Waals surface area contributed by atoms with Crippen LogP contribution in [0.5, 0.6) is 0 Å². The van der Waals surface area contributed by atoms with Crippen molar-refractivity contribution in [3.8, 4) is 11.1 Å². The van der Waals surface area contributed by atoms with Gasteiger partial charge in [0.25, 0.3) is 5.56 Å². The molecule has 1 atom stereocenters. The minimum absolute atomic E-state index is 0.0832. The normalized spacial score (nSPS) is 12.0. The minimum Gasteiger partial charge on any atom is -0.324 e. The molecule has 2 heterocycles. The number of carbonyl (C=O) groups excluding carboxylic acids is 2. The first-order chi connectivity index (χ1) is 15.4. The minimum atomic E-state index is -0.730. The van der Waals surface area contributed by atoms with E-state index in [4.69, 9.17) is 0 Å². The molecule has 7 heteroatoms. The van der Waals surface area contributed by atoms with E-state index in [2.05, 4.69) is 10.3 Å². The molecular weight excluding hydrogens is 422 g/mol. The SMILES string of the molecule is CCC(C(=O)Nc1cccc(C(C)=O)c1)n1cnc2scc(-c3ccc(C)cc3)c2c1=O. The van der Waals surface area contributed by atoms with Crippen LogP contribution in [0.4, 0.5) is 5.69 Å². The number of rotatable bonds is 6. The molecule has 1 N–H and O–H groups in total. The summed E-state index contributed by atoms with van der Waals surface area (Å²) in [5.41, 5.74) is 3.68. The third-order valence-corrected chi connectivity index (χ3v) is 6.33. The molecule has 1 amide bonds. The Morgan fingerprint density at radius 1 is 1.16 bits per heavy atom. The van der Waals surface area contributed by atoms with Gasteiger partial charge in [-0.3, -0.25) is 19.0 Å². The van der Waals surface area contributed by atoms with E-state index in [1.807, 2.05) is 43.5 Å². The molecule has 0 fully saturated rings. The highest BCUT2D eigenvalue weighted by molar-refractivity contribution is 7.17. The quantitative estimate of drug-likeness (QED) is 0.412. The van der Waals surface area contributed by atoms with E-state index in [-0.39, 0.29) is 17.2 Å². The van der Waals surface area contributed by atoms with Crippen LogP contribution in [0.2, 0.25) is 0 Å². The van der Waals surface area contributed by atoms with Gasteiger partial charge < -0.3 is 5.32 Å². The molecule has 1 unspecified atom stereocenters. The molecule has 0 saturated heterocycles. The fourth-order valence-corrected chi connectivity index (χ4v) is 4.57. The van der Waals surface area contributed by atoms with Crippen LogP contribution in [0.1, 0.15) is 42.2 Å². The van der Waals surface area contributed by atoms with Gasteiger partial charge >= 0.3 is 0 Å². The number of thiophene rings is 1. The lowest BCUT2D eigenvalue weighted by atomic mass is 10.0. The second-order valence-corrected chi connectivity index (χ2v) is 8.56. The Morgan fingerprint density at radius 3 is 2.59 bits per heavy atom. The predicted molar refractivity (Wildman–Crippen MR) is 128 cm³/mol. The Kier molecular flexibility index (Phi) is 6.01. The number of amides is 1. The Labute approximate surface area is 189 Å². The smallest absolute Gasteiger partial charge is 0.263 e. The number of aromatic nitrogens is 2. The van der Waals surface area contributed by atoms with Crippen molar-refractivity contribution in [1.29, 1.82) is 0 Å². The van der Waals surface area contributed by atoms with Gasteiger partial charge in [-0.25, -0.2) is 4.98 Å². The second kappa shape index (κ2) is 8.88. The Morgan fingerprint density at radius 2 is 1.91 bits per heavy atom. The lowest BCUT2D eigenvalue weighted by Crippen LogP contribution is -2.33. The summed E-state index contributed by atoms with van der Waals surface area (Å²) in [4.78, 5) is 43.3. The summed E-state index contributed by atoms with van der Waals surface area (Å²) >= 11 is 1.41. The lowest BCUT2D eigenvalue weighted by molar-refractivity contribution is -0.119.